The molecule has 2 rings (SSSR count). The highest BCUT2D eigenvalue weighted by Crippen LogP contribution is 2.14. The Bertz CT molecular complexity index is 338. The molecule has 0 unspecified atom stereocenters. The molecule has 0 spiro atoms. The predicted molar refractivity (Wildman–Crippen MR) is 62.3 cm³/mol. The first-order valence-corrected chi connectivity index (χ1v) is 5.52. The molecular formula is C9H10IN3O. The third kappa shape index (κ3) is 1.97. The number of nitrogens with zero attached hydrogens (tertiary/aromatic N) is 2. The van der Waals surface area contributed by atoms with E-state index in [1.54, 1.807) is 11.1 Å². The summed E-state index contributed by atoms with van der Waals surface area (Å²) in [6.07, 6.45) is 2.73. The van der Waals surface area contributed by atoms with Crippen molar-refractivity contribution in [3.8, 4) is 0 Å². The molecule has 5 heteroatoms. The van der Waals surface area contributed by atoms with Crippen LogP contribution in [-0.2, 0) is 0 Å². The zero-order valence-corrected chi connectivity index (χ0v) is 9.69. The maximum Gasteiger partial charge on any atom is 0.323 e. The fourth-order valence-electron chi connectivity index (χ4n) is 1.38. The molecule has 0 aliphatic carbocycles. The summed E-state index contributed by atoms with van der Waals surface area (Å²) in [5.74, 6) is 0.725. The van der Waals surface area contributed by atoms with Crippen LogP contribution in [0.5, 0.6) is 0 Å². The van der Waals surface area contributed by atoms with Crippen LogP contribution in [0.2, 0.25) is 0 Å². The number of nitrogens with one attached hydrogen (secondary N) is 1. The maximum atomic E-state index is 11.5. The average Bonchev–Trinajstić information content (AvgIpc) is 2.20. The van der Waals surface area contributed by atoms with E-state index in [1.165, 1.54) is 0 Å². The Morgan fingerprint density at radius 3 is 3.00 bits per heavy atom. The van der Waals surface area contributed by atoms with E-state index in [4.69, 9.17) is 0 Å². The summed E-state index contributed by atoms with van der Waals surface area (Å²) in [7, 11) is 0. The molecular weight excluding hydrogens is 293 g/mol. The fourth-order valence-corrected chi connectivity index (χ4v) is 1.69. The first-order chi connectivity index (χ1) is 6.77. The number of halogens is 1. The molecule has 0 aromatic carbocycles. The Balaban J connectivity index is 2.20. The van der Waals surface area contributed by atoms with Crippen LogP contribution < -0.4 is 10.2 Å². The summed E-state index contributed by atoms with van der Waals surface area (Å²) in [4.78, 5) is 17.3. The monoisotopic (exact) mass is 303 g/mol. The minimum atomic E-state index is -0.0510. The van der Waals surface area contributed by atoms with Crippen LogP contribution in [0.15, 0.2) is 18.3 Å². The largest absolute Gasteiger partial charge is 0.338 e. The zero-order valence-electron chi connectivity index (χ0n) is 7.53. The predicted octanol–water partition coefficient (Wildman–Crippen LogP) is 1.61. The van der Waals surface area contributed by atoms with E-state index in [0.29, 0.717) is 0 Å². The summed E-state index contributed by atoms with van der Waals surface area (Å²) in [5.41, 5.74) is 0. The summed E-state index contributed by atoms with van der Waals surface area (Å²) in [5, 5.41) is 2.79. The lowest BCUT2D eigenvalue weighted by molar-refractivity contribution is 0.242. The van der Waals surface area contributed by atoms with Crippen molar-refractivity contribution in [1.82, 2.24) is 10.3 Å². The van der Waals surface area contributed by atoms with E-state index in [-0.39, 0.29) is 6.03 Å². The van der Waals surface area contributed by atoms with Gasteiger partial charge >= 0.3 is 6.03 Å². The van der Waals surface area contributed by atoms with Crippen LogP contribution in [0, 0.1) is 3.57 Å². The second-order valence-electron chi connectivity index (χ2n) is 3.07. The molecule has 2 heterocycles. The maximum absolute atomic E-state index is 11.5. The SMILES string of the molecule is O=C1NCCCN1c1ccc(I)cn1. The van der Waals surface area contributed by atoms with E-state index >= 15 is 0 Å². The van der Waals surface area contributed by atoms with Crippen LogP contribution >= 0.6 is 22.6 Å². The van der Waals surface area contributed by atoms with Crippen molar-refractivity contribution >= 4 is 34.4 Å². The van der Waals surface area contributed by atoms with Gasteiger partial charge in [-0.25, -0.2) is 9.78 Å². The third-order valence-corrected chi connectivity index (χ3v) is 2.71. The normalized spacial score (nSPS) is 16.6. The molecule has 1 saturated heterocycles. The molecule has 1 fully saturated rings. The van der Waals surface area contributed by atoms with Gasteiger partial charge in [-0.1, -0.05) is 0 Å². The quantitative estimate of drug-likeness (QED) is 0.801. The van der Waals surface area contributed by atoms with E-state index < -0.39 is 0 Å². The Kier molecular flexibility index (Phi) is 2.85. The lowest BCUT2D eigenvalue weighted by atomic mass is 10.3. The van der Waals surface area contributed by atoms with Gasteiger partial charge in [-0.2, -0.15) is 0 Å². The van der Waals surface area contributed by atoms with Crippen LogP contribution in [0.4, 0.5) is 10.6 Å². The number of hydrogen-bond donors (Lipinski definition) is 1. The van der Waals surface area contributed by atoms with Gasteiger partial charge in [0.15, 0.2) is 0 Å². The fraction of sp³-hybridized carbons (Fsp3) is 0.333. The van der Waals surface area contributed by atoms with E-state index in [2.05, 4.69) is 32.9 Å². The number of carbonyl (C=O) groups is 1. The van der Waals surface area contributed by atoms with E-state index in [1.807, 2.05) is 12.1 Å². The van der Waals surface area contributed by atoms with Crippen molar-refractivity contribution in [3.63, 3.8) is 0 Å². The molecule has 0 atom stereocenters. The Morgan fingerprint density at radius 2 is 2.36 bits per heavy atom. The summed E-state index contributed by atoms with van der Waals surface area (Å²) in [6, 6.07) is 3.77. The molecule has 1 aliphatic heterocycles. The van der Waals surface area contributed by atoms with E-state index in [9.17, 15) is 4.79 Å². The van der Waals surface area contributed by atoms with Crippen molar-refractivity contribution in [2.24, 2.45) is 0 Å². The highest BCUT2D eigenvalue weighted by atomic mass is 127. The van der Waals surface area contributed by atoms with Gasteiger partial charge in [-0.15, -0.1) is 0 Å². The molecule has 4 nitrogen and oxygen atoms in total. The van der Waals surface area contributed by atoms with Crippen molar-refractivity contribution in [2.45, 2.75) is 6.42 Å². The van der Waals surface area contributed by atoms with Gasteiger partial charge in [0.1, 0.15) is 5.82 Å². The third-order valence-electron chi connectivity index (χ3n) is 2.07. The van der Waals surface area contributed by atoms with Gasteiger partial charge < -0.3 is 5.32 Å². The molecule has 1 aromatic heterocycles. The van der Waals surface area contributed by atoms with Crippen LogP contribution in [0.25, 0.3) is 0 Å². The number of pyridine rings is 1. The summed E-state index contributed by atoms with van der Waals surface area (Å²) < 4.78 is 1.07. The summed E-state index contributed by atoms with van der Waals surface area (Å²) in [6.45, 7) is 1.51. The topological polar surface area (TPSA) is 45.2 Å². The molecule has 14 heavy (non-hydrogen) atoms. The molecule has 1 aromatic rings. The number of carbonyl (C=O) groups excluding carboxylic acids is 1. The average molecular weight is 303 g/mol. The molecule has 1 aliphatic rings. The van der Waals surface area contributed by atoms with Crippen molar-refractivity contribution < 1.29 is 4.79 Å². The number of amides is 2. The number of aromatic nitrogens is 1. The highest BCUT2D eigenvalue weighted by molar-refractivity contribution is 14.1. The van der Waals surface area contributed by atoms with Crippen LogP contribution in [0.1, 0.15) is 6.42 Å². The first kappa shape index (κ1) is 9.70. The molecule has 1 N–H and O–H groups in total. The van der Waals surface area contributed by atoms with Gasteiger partial charge in [0.05, 0.1) is 0 Å². The highest BCUT2D eigenvalue weighted by Gasteiger charge is 2.19. The smallest absolute Gasteiger partial charge is 0.323 e. The lowest BCUT2D eigenvalue weighted by Gasteiger charge is -2.26. The van der Waals surface area contributed by atoms with Gasteiger partial charge in [0.25, 0.3) is 0 Å². The standard InChI is InChI=1S/C9H10IN3O/c10-7-2-3-8(12-6-7)13-5-1-4-11-9(13)14/h2-3,6H,1,4-5H2,(H,11,14). The zero-order chi connectivity index (χ0) is 9.97. The van der Waals surface area contributed by atoms with Crippen molar-refractivity contribution in [2.75, 3.05) is 18.0 Å². The molecule has 0 radical (unpaired) electrons. The second-order valence-corrected chi connectivity index (χ2v) is 4.32. The number of urea groups is 1. The number of rotatable bonds is 1. The van der Waals surface area contributed by atoms with Crippen LogP contribution in [0.3, 0.4) is 0 Å². The Morgan fingerprint density at radius 1 is 1.50 bits per heavy atom. The van der Waals surface area contributed by atoms with Gasteiger partial charge in [-0.05, 0) is 41.1 Å². The Labute approximate surface area is 95.8 Å². The first-order valence-electron chi connectivity index (χ1n) is 4.44. The van der Waals surface area contributed by atoms with Gasteiger partial charge in [0.2, 0.25) is 0 Å². The Hall–Kier alpha value is -0.850. The molecule has 0 saturated carbocycles. The minimum Gasteiger partial charge on any atom is -0.338 e. The minimum absolute atomic E-state index is 0.0510. The molecule has 74 valence electrons. The lowest BCUT2D eigenvalue weighted by Crippen LogP contribution is -2.46. The van der Waals surface area contributed by atoms with E-state index in [0.717, 1.165) is 28.9 Å². The number of hydrogen-bond acceptors (Lipinski definition) is 2. The second kappa shape index (κ2) is 4.12. The van der Waals surface area contributed by atoms with Crippen LogP contribution in [-0.4, -0.2) is 24.1 Å². The van der Waals surface area contributed by atoms with Gasteiger partial charge in [-0.3, -0.25) is 4.90 Å². The van der Waals surface area contributed by atoms with Crippen molar-refractivity contribution in [1.29, 1.82) is 0 Å². The van der Waals surface area contributed by atoms with Crippen molar-refractivity contribution in [3.05, 3.63) is 21.9 Å². The number of anilines is 1. The molecule has 2 amide bonds. The summed E-state index contributed by atoms with van der Waals surface area (Å²) >= 11 is 2.19. The molecule has 0 bridgehead atoms. The van der Waals surface area contributed by atoms with Gasteiger partial charge in [0, 0.05) is 22.9 Å².